The summed E-state index contributed by atoms with van der Waals surface area (Å²) in [4.78, 5) is 4.42. The molecule has 0 saturated heterocycles. The molecule has 0 spiro atoms. The lowest BCUT2D eigenvalue weighted by molar-refractivity contribution is 0.349. The molecule has 1 atom stereocenters. The van der Waals surface area contributed by atoms with Crippen molar-refractivity contribution in [1.29, 1.82) is 0 Å². The van der Waals surface area contributed by atoms with Gasteiger partial charge in [0.05, 0.1) is 5.54 Å². The van der Waals surface area contributed by atoms with Gasteiger partial charge in [0.1, 0.15) is 5.01 Å². The largest absolute Gasteiger partial charge is 0.301 e. The van der Waals surface area contributed by atoms with E-state index in [1.165, 1.54) is 0 Å². The third-order valence-corrected chi connectivity index (χ3v) is 4.64. The summed E-state index contributed by atoms with van der Waals surface area (Å²) in [7, 11) is 0. The highest BCUT2D eigenvalue weighted by molar-refractivity contribution is 7.09. The summed E-state index contributed by atoms with van der Waals surface area (Å²) < 4.78 is 0. The lowest BCUT2D eigenvalue weighted by atomic mass is 9.99. The maximum Gasteiger partial charge on any atom is 0.112 e. The molecule has 1 aromatic carbocycles. The molecular formula is C14H17ClN2S. The van der Waals surface area contributed by atoms with Crippen LogP contribution in [0.25, 0.3) is 0 Å². The van der Waals surface area contributed by atoms with E-state index in [1.807, 2.05) is 35.8 Å². The molecule has 0 unspecified atom stereocenters. The second-order valence-electron chi connectivity index (χ2n) is 4.47. The van der Waals surface area contributed by atoms with E-state index in [0.717, 1.165) is 28.6 Å². The molecule has 1 heterocycles. The molecule has 0 saturated carbocycles. The van der Waals surface area contributed by atoms with E-state index in [9.17, 15) is 0 Å². The Labute approximate surface area is 117 Å². The molecule has 0 aliphatic rings. The topological polar surface area (TPSA) is 24.9 Å². The van der Waals surface area contributed by atoms with Gasteiger partial charge in [0.15, 0.2) is 0 Å². The van der Waals surface area contributed by atoms with Gasteiger partial charge < -0.3 is 5.32 Å². The number of aromatic nitrogens is 1. The number of hydrogen-bond donors (Lipinski definition) is 1. The Morgan fingerprint density at radius 3 is 2.78 bits per heavy atom. The second kappa shape index (κ2) is 5.83. The van der Waals surface area contributed by atoms with E-state index in [0.29, 0.717) is 0 Å². The third kappa shape index (κ3) is 2.91. The SMILES string of the molecule is CC[C@@](C)(NCc1ccccc1Cl)c1nccs1. The Morgan fingerprint density at radius 1 is 1.39 bits per heavy atom. The molecule has 0 fully saturated rings. The Kier molecular flexibility index (Phi) is 4.38. The van der Waals surface area contributed by atoms with Crippen LogP contribution >= 0.6 is 22.9 Å². The zero-order valence-electron chi connectivity index (χ0n) is 10.6. The van der Waals surface area contributed by atoms with Gasteiger partial charge in [0, 0.05) is 23.1 Å². The van der Waals surface area contributed by atoms with Crippen molar-refractivity contribution in [3.05, 3.63) is 51.4 Å². The van der Waals surface area contributed by atoms with Crippen LogP contribution in [0.3, 0.4) is 0 Å². The summed E-state index contributed by atoms with van der Waals surface area (Å²) in [5, 5.41) is 7.51. The van der Waals surface area contributed by atoms with Crippen LogP contribution in [0.4, 0.5) is 0 Å². The van der Waals surface area contributed by atoms with Crippen LogP contribution in [0.15, 0.2) is 35.8 Å². The Morgan fingerprint density at radius 2 is 2.17 bits per heavy atom. The number of benzene rings is 1. The van der Waals surface area contributed by atoms with Gasteiger partial charge in [-0.1, -0.05) is 36.7 Å². The lowest BCUT2D eigenvalue weighted by Crippen LogP contribution is -2.38. The number of rotatable bonds is 5. The predicted octanol–water partition coefficient (Wildman–Crippen LogP) is 4.21. The van der Waals surface area contributed by atoms with E-state index < -0.39 is 0 Å². The number of nitrogens with zero attached hydrogens (tertiary/aromatic N) is 1. The van der Waals surface area contributed by atoms with Crippen molar-refractivity contribution in [2.24, 2.45) is 0 Å². The molecule has 1 N–H and O–H groups in total. The summed E-state index contributed by atoms with van der Waals surface area (Å²) in [6.07, 6.45) is 2.84. The first kappa shape index (κ1) is 13.5. The Hall–Kier alpha value is -0.900. The normalized spacial score (nSPS) is 14.4. The number of thiazole rings is 1. The molecular weight excluding hydrogens is 264 g/mol. The average Bonchev–Trinajstić information content (AvgIpc) is 2.92. The molecule has 2 nitrogen and oxygen atoms in total. The predicted molar refractivity (Wildman–Crippen MR) is 78.0 cm³/mol. The minimum Gasteiger partial charge on any atom is -0.301 e. The summed E-state index contributed by atoms with van der Waals surface area (Å²) >= 11 is 7.86. The minimum absolute atomic E-state index is 0.0899. The molecule has 2 rings (SSSR count). The van der Waals surface area contributed by atoms with Gasteiger partial charge in [-0.25, -0.2) is 4.98 Å². The number of hydrogen-bond acceptors (Lipinski definition) is 3. The van der Waals surface area contributed by atoms with E-state index in [4.69, 9.17) is 11.6 Å². The zero-order valence-corrected chi connectivity index (χ0v) is 12.2. The highest BCUT2D eigenvalue weighted by Crippen LogP contribution is 2.27. The fraction of sp³-hybridized carbons (Fsp3) is 0.357. The molecule has 0 aliphatic carbocycles. The van der Waals surface area contributed by atoms with Crippen molar-refractivity contribution in [2.45, 2.75) is 32.4 Å². The second-order valence-corrected chi connectivity index (χ2v) is 5.77. The van der Waals surface area contributed by atoms with Crippen molar-refractivity contribution >= 4 is 22.9 Å². The van der Waals surface area contributed by atoms with E-state index >= 15 is 0 Å². The van der Waals surface area contributed by atoms with Crippen molar-refractivity contribution in [3.8, 4) is 0 Å². The third-order valence-electron chi connectivity index (χ3n) is 3.24. The van der Waals surface area contributed by atoms with Gasteiger partial charge in [-0.3, -0.25) is 0 Å². The summed E-state index contributed by atoms with van der Waals surface area (Å²) in [6, 6.07) is 7.93. The molecule has 0 amide bonds. The van der Waals surface area contributed by atoms with Gasteiger partial charge in [0.2, 0.25) is 0 Å². The van der Waals surface area contributed by atoms with Crippen LogP contribution in [0.5, 0.6) is 0 Å². The van der Waals surface area contributed by atoms with Crippen LogP contribution in [-0.4, -0.2) is 4.98 Å². The molecule has 0 radical (unpaired) electrons. The summed E-state index contributed by atoms with van der Waals surface area (Å²) in [6.45, 7) is 5.10. The first-order valence-corrected chi connectivity index (χ1v) is 7.30. The zero-order chi connectivity index (χ0) is 13.0. The number of halogens is 1. The monoisotopic (exact) mass is 280 g/mol. The van der Waals surface area contributed by atoms with Crippen LogP contribution in [0.1, 0.15) is 30.8 Å². The smallest absolute Gasteiger partial charge is 0.112 e. The van der Waals surface area contributed by atoms with Gasteiger partial charge in [-0.2, -0.15) is 0 Å². The fourth-order valence-corrected chi connectivity index (χ4v) is 2.83. The first-order chi connectivity index (χ1) is 8.65. The van der Waals surface area contributed by atoms with Crippen LogP contribution < -0.4 is 5.32 Å². The Bertz CT molecular complexity index is 498. The number of nitrogens with one attached hydrogen (secondary N) is 1. The summed E-state index contributed by atoms with van der Waals surface area (Å²) in [5.41, 5.74) is 1.03. The van der Waals surface area contributed by atoms with E-state index in [-0.39, 0.29) is 5.54 Å². The van der Waals surface area contributed by atoms with Gasteiger partial charge in [0.25, 0.3) is 0 Å². The lowest BCUT2D eigenvalue weighted by Gasteiger charge is -2.27. The van der Waals surface area contributed by atoms with Crippen molar-refractivity contribution in [3.63, 3.8) is 0 Å². The first-order valence-electron chi connectivity index (χ1n) is 6.04. The molecule has 1 aromatic heterocycles. The molecule has 0 bridgehead atoms. The van der Waals surface area contributed by atoms with Crippen molar-refractivity contribution in [2.75, 3.05) is 0 Å². The van der Waals surface area contributed by atoms with Gasteiger partial charge in [-0.05, 0) is 25.0 Å². The molecule has 18 heavy (non-hydrogen) atoms. The van der Waals surface area contributed by atoms with Gasteiger partial charge >= 0.3 is 0 Å². The van der Waals surface area contributed by atoms with Crippen molar-refractivity contribution in [1.82, 2.24) is 10.3 Å². The standard InChI is InChI=1S/C14H17ClN2S/c1-3-14(2,13-16-8-9-18-13)17-10-11-6-4-5-7-12(11)15/h4-9,17H,3,10H2,1-2H3/t14-/m1/s1. The quantitative estimate of drug-likeness (QED) is 0.887. The van der Waals surface area contributed by atoms with Crippen molar-refractivity contribution < 1.29 is 0 Å². The van der Waals surface area contributed by atoms with E-state index in [2.05, 4.69) is 24.1 Å². The van der Waals surface area contributed by atoms with E-state index in [1.54, 1.807) is 11.3 Å². The fourth-order valence-electron chi connectivity index (χ4n) is 1.78. The molecule has 4 heteroatoms. The summed E-state index contributed by atoms with van der Waals surface area (Å²) in [5.74, 6) is 0. The highest BCUT2D eigenvalue weighted by atomic mass is 35.5. The molecule has 2 aromatic rings. The van der Waals surface area contributed by atoms with Crippen LogP contribution in [-0.2, 0) is 12.1 Å². The van der Waals surface area contributed by atoms with Gasteiger partial charge in [-0.15, -0.1) is 11.3 Å². The maximum atomic E-state index is 6.17. The maximum absolute atomic E-state index is 6.17. The van der Waals surface area contributed by atoms with Crippen LogP contribution in [0.2, 0.25) is 5.02 Å². The van der Waals surface area contributed by atoms with Crippen LogP contribution in [0, 0.1) is 0 Å². The Balaban J connectivity index is 2.11. The minimum atomic E-state index is -0.0899. The molecule has 0 aliphatic heterocycles. The highest BCUT2D eigenvalue weighted by Gasteiger charge is 2.26. The molecule has 96 valence electrons. The average molecular weight is 281 g/mol.